The van der Waals surface area contributed by atoms with Gasteiger partial charge in [0.25, 0.3) is 5.91 Å². The number of amides is 2. The molecule has 0 aromatic heterocycles. The highest BCUT2D eigenvalue weighted by Crippen LogP contribution is 2.35. The number of carbonyl (C=O) groups excluding carboxylic acids is 2. The molecule has 0 bridgehead atoms. The summed E-state index contributed by atoms with van der Waals surface area (Å²) >= 11 is 0. The lowest BCUT2D eigenvalue weighted by atomic mass is 9.91. The number of nitrogens with one attached hydrogen (secondary N) is 1. The second kappa shape index (κ2) is 9.33. The minimum Gasteiger partial charge on any atom is -0.494 e. The van der Waals surface area contributed by atoms with Crippen molar-refractivity contribution >= 4 is 17.5 Å². The maximum Gasteiger partial charge on any atom is 0.259 e. The van der Waals surface area contributed by atoms with Crippen molar-refractivity contribution in [1.29, 1.82) is 0 Å². The third-order valence-corrected chi connectivity index (χ3v) is 5.73. The van der Waals surface area contributed by atoms with Gasteiger partial charge >= 0.3 is 0 Å². The van der Waals surface area contributed by atoms with Gasteiger partial charge < -0.3 is 10.1 Å². The molecule has 0 saturated heterocycles. The van der Waals surface area contributed by atoms with Gasteiger partial charge in [0.2, 0.25) is 5.91 Å². The van der Waals surface area contributed by atoms with Crippen LogP contribution in [0, 0.1) is 5.92 Å². The molecule has 1 aliphatic heterocycles. The van der Waals surface area contributed by atoms with E-state index >= 15 is 0 Å². The molecule has 0 aliphatic carbocycles. The van der Waals surface area contributed by atoms with Crippen molar-refractivity contribution < 1.29 is 14.3 Å². The summed E-state index contributed by atoms with van der Waals surface area (Å²) in [6.45, 7) is 9.24. The molecule has 1 atom stereocenters. The number of hydrogen-bond donors (Lipinski definition) is 1. The van der Waals surface area contributed by atoms with E-state index in [-0.39, 0.29) is 11.8 Å². The molecule has 2 aromatic rings. The number of ether oxygens (including phenoxy) is 1. The molecule has 1 aliphatic rings. The van der Waals surface area contributed by atoms with Crippen LogP contribution in [0.4, 0.5) is 5.69 Å². The summed E-state index contributed by atoms with van der Waals surface area (Å²) < 4.78 is 5.55. The van der Waals surface area contributed by atoms with Gasteiger partial charge in [-0.3, -0.25) is 14.5 Å². The number of nitrogens with zero attached hydrogens (tertiary/aromatic N) is 1. The lowest BCUT2D eigenvalue weighted by molar-refractivity contribution is -0.126. The maximum absolute atomic E-state index is 13.7. The molecule has 5 nitrogen and oxygen atoms in total. The van der Waals surface area contributed by atoms with E-state index in [2.05, 4.69) is 19.2 Å². The van der Waals surface area contributed by atoms with Crippen molar-refractivity contribution in [3.05, 3.63) is 59.7 Å². The monoisotopic (exact) mass is 408 g/mol. The van der Waals surface area contributed by atoms with Crippen molar-refractivity contribution in [2.24, 2.45) is 5.92 Å². The van der Waals surface area contributed by atoms with E-state index in [1.807, 2.05) is 62.4 Å². The van der Waals surface area contributed by atoms with Gasteiger partial charge in [-0.1, -0.05) is 32.0 Å². The van der Waals surface area contributed by atoms with E-state index in [4.69, 9.17) is 4.74 Å². The molecule has 1 unspecified atom stereocenters. The molecule has 2 aromatic carbocycles. The fourth-order valence-electron chi connectivity index (χ4n) is 3.92. The fourth-order valence-corrected chi connectivity index (χ4v) is 3.92. The molecule has 2 amide bonds. The number of aryl methyl sites for hydroxylation is 1. The smallest absolute Gasteiger partial charge is 0.259 e. The Balaban J connectivity index is 2.00. The van der Waals surface area contributed by atoms with E-state index in [0.717, 1.165) is 17.7 Å². The van der Waals surface area contributed by atoms with Gasteiger partial charge in [0.05, 0.1) is 6.61 Å². The molecule has 1 heterocycles. The number of anilines is 1. The summed E-state index contributed by atoms with van der Waals surface area (Å²) in [5, 5.41) is 3.07. The van der Waals surface area contributed by atoms with Crippen LogP contribution in [0.25, 0.3) is 0 Å². The zero-order chi connectivity index (χ0) is 21.7. The third-order valence-electron chi connectivity index (χ3n) is 5.73. The number of rotatable bonds is 7. The zero-order valence-corrected chi connectivity index (χ0v) is 18.4. The molecule has 5 heteroatoms. The molecular formula is C25H32N2O3. The van der Waals surface area contributed by atoms with Crippen molar-refractivity contribution in [1.82, 2.24) is 5.32 Å². The van der Waals surface area contributed by atoms with E-state index in [1.165, 1.54) is 0 Å². The van der Waals surface area contributed by atoms with Gasteiger partial charge in [-0.2, -0.15) is 0 Å². The average Bonchev–Trinajstić information content (AvgIpc) is 2.84. The molecule has 0 spiro atoms. The molecule has 160 valence electrons. The topological polar surface area (TPSA) is 58.6 Å². The third kappa shape index (κ3) is 4.50. The van der Waals surface area contributed by atoms with Gasteiger partial charge in [0.1, 0.15) is 11.3 Å². The standard InChI is InChI=1S/C25H32N2O3/c1-5-30-21-12-10-20(11-13-21)27-23(28)22-9-7-6-8-19(22)14-16-25(27,4)24(29)26-17-15-18(2)3/h6-13,18H,5,14-17H2,1-4H3,(H,26,29). The largest absolute Gasteiger partial charge is 0.494 e. The second-order valence-corrected chi connectivity index (χ2v) is 8.44. The summed E-state index contributed by atoms with van der Waals surface area (Å²) in [5.41, 5.74) is 1.35. The van der Waals surface area contributed by atoms with Crippen LogP contribution in [-0.4, -0.2) is 30.5 Å². The Bertz CT molecular complexity index is 892. The predicted octanol–water partition coefficient (Wildman–Crippen LogP) is 4.60. The molecule has 30 heavy (non-hydrogen) atoms. The van der Waals surface area contributed by atoms with Crippen LogP contribution in [0.1, 0.15) is 56.5 Å². The van der Waals surface area contributed by atoms with Crippen LogP contribution in [0.15, 0.2) is 48.5 Å². The number of benzene rings is 2. The lowest BCUT2D eigenvalue weighted by Crippen LogP contribution is -2.59. The highest BCUT2D eigenvalue weighted by molar-refractivity contribution is 6.12. The van der Waals surface area contributed by atoms with Crippen LogP contribution in [-0.2, 0) is 11.2 Å². The van der Waals surface area contributed by atoms with Gasteiger partial charge in [0.15, 0.2) is 0 Å². The van der Waals surface area contributed by atoms with Crippen molar-refractivity contribution in [2.75, 3.05) is 18.1 Å². The first kappa shape index (κ1) is 21.9. The van der Waals surface area contributed by atoms with Gasteiger partial charge in [0, 0.05) is 17.8 Å². The van der Waals surface area contributed by atoms with Crippen LogP contribution in [0.2, 0.25) is 0 Å². The highest BCUT2D eigenvalue weighted by atomic mass is 16.5. The first-order valence-corrected chi connectivity index (χ1v) is 10.8. The van der Waals surface area contributed by atoms with Crippen molar-refractivity contribution in [2.45, 2.75) is 52.5 Å². The summed E-state index contributed by atoms with van der Waals surface area (Å²) in [4.78, 5) is 28.7. The average molecular weight is 409 g/mol. The number of carbonyl (C=O) groups is 2. The second-order valence-electron chi connectivity index (χ2n) is 8.44. The van der Waals surface area contributed by atoms with Gasteiger partial charge in [-0.05, 0) is 74.9 Å². The predicted molar refractivity (Wildman–Crippen MR) is 120 cm³/mol. The molecule has 1 N–H and O–H groups in total. The normalized spacial score (nSPS) is 18.7. The minimum absolute atomic E-state index is 0.113. The van der Waals surface area contributed by atoms with E-state index in [9.17, 15) is 9.59 Å². The quantitative estimate of drug-likeness (QED) is 0.728. The van der Waals surface area contributed by atoms with Crippen LogP contribution >= 0.6 is 0 Å². The Labute approximate surface area is 179 Å². The molecule has 0 saturated carbocycles. The summed E-state index contributed by atoms with van der Waals surface area (Å²) in [6.07, 6.45) is 2.12. The first-order valence-electron chi connectivity index (χ1n) is 10.8. The van der Waals surface area contributed by atoms with Crippen LogP contribution in [0.5, 0.6) is 5.75 Å². The Morgan fingerprint density at radius 3 is 2.53 bits per heavy atom. The fraction of sp³-hybridized carbons (Fsp3) is 0.440. The van der Waals surface area contributed by atoms with Crippen LogP contribution in [0.3, 0.4) is 0 Å². The summed E-state index contributed by atoms with van der Waals surface area (Å²) in [6, 6.07) is 15.1. The van der Waals surface area contributed by atoms with Crippen molar-refractivity contribution in [3.63, 3.8) is 0 Å². The molecular weight excluding hydrogens is 376 g/mol. The Kier molecular flexibility index (Phi) is 6.80. The van der Waals surface area contributed by atoms with Gasteiger partial charge in [-0.25, -0.2) is 0 Å². The van der Waals surface area contributed by atoms with Crippen LogP contribution < -0.4 is 15.0 Å². The number of hydrogen-bond acceptors (Lipinski definition) is 3. The molecule has 0 radical (unpaired) electrons. The van der Waals surface area contributed by atoms with Gasteiger partial charge in [-0.15, -0.1) is 0 Å². The maximum atomic E-state index is 13.7. The summed E-state index contributed by atoms with van der Waals surface area (Å²) in [7, 11) is 0. The SMILES string of the molecule is CCOc1ccc(N2C(=O)c3ccccc3CCC2(C)C(=O)NCCC(C)C)cc1. The van der Waals surface area contributed by atoms with E-state index < -0.39 is 5.54 Å². The molecule has 0 fully saturated rings. The Morgan fingerprint density at radius 1 is 1.17 bits per heavy atom. The first-order chi connectivity index (χ1) is 14.4. The van der Waals surface area contributed by atoms with E-state index in [0.29, 0.717) is 43.2 Å². The Morgan fingerprint density at radius 2 is 1.87 bits per heavy atom. The number of fused-ring (bicyclic) bond motifs is 1. The highest BCUT2D eigenvalue weighted by Gasteiger charge is 2.45. The minimum atomic E-state index is -0.986. The Hall–Kier alpha value is -2.82. The molecule has 3 rings (SSSR count). The van der Waals surface area contributed by atoms with Crippen molar-refractivity contribution in [3.8, 4) is 5.75 Å². The lowest BCUT2D eigenvalue weighted by Gasteiger charge is -2.39. The summed E-state index contributed by atoms with van der Waals surface area (Å²) in [5.74, 6) is 0.985. The zero-order valence-electron chi connectivity index (χ0n) is 18.4. The van der Waals surface area contributed by atoms with E-state index in [1.54, 1.807) is 4.90 Å².